The van der Waals surface area contributed by atoms with Gasteiger partial charge >= 0.3 is 6.09 Å². The topological polar surface area (TPSA) is 67.4 Å². The van der Waals surface area contributed by atoms with E-state index in [4.69, 9.17) is 4.74 Å². The second kappa shape index (κ2) is 10.3. The van der Waals surface area contributed by atoms with Gasteiger partial charge in [-0.3, -0.25) is 4.79 Å². The monoisotopic (exact) mass is 376 g/mol. The van der Waals surface area contributed by atoms with E-state index in [0.717, 1.165) is 17.7 Å². The van der Waals surface area contributed by atoms with Gasteiger partial charge < -0.3 is 15.4 Å². The van der Waals surface area contributed by atoms with Gasteiger partial charge in [0.15, 0.2) is 0 Å². The van der Waals surface area contributed by atoms with Crippen molar-refractivity contribution in [1.82, 2.24) is 10.6 Å². The first-order valence-corrected chi connectivity index (χ1v) is 8.68. The largest absolute Gasteiger partial charge is 0.445 e. The number of hydrogen-bond donors (Lipinski definition) is 2. The molecular weight excluding hydrogens is 354 g/mol. The summed E-state index contributed by atoms with van der Waals surface area (Å²) in [4.78, 5) is 23.8. The van der Waals surface area contributed by atoms with Crippen molar-refractivity contribution in [3.63, 3.8) is 0 Å². The Balaban J connectivity index is 1.83. The van der Waals surface area contributed by atoms with Gasteiger partial charge in [-0.15, -0.1) is 0 Å². The summed E-state index contributed by atoms with van der Waals surface area (Å²) in [6, 6.07) is 11.8. The fourth-order valence-electron chi connectivity index (χ4n) is 2.55. The first kappa shape index (κ1) is 20.4. The maximum atomic E-state index is 14.0. The van der Waals surface area contributed by atoms with E-state index in [1.165, 1.54) is 6.07 Å². The van der Waals surface area contributed by atoms with Gasteiger partial charge in [0.2, 0.25) is 5.91 Å². The molecule has 0 spiro atoms. The van der Waals surface area contributed by atoms with Gasteiger partial charge in [0.05, 0.1) is 6.04 Å². The summed E-state index contributed by atoms with van der Waals surface area (Å²) in [5.41, 5.74) is 1.03. The quantitative estimate of drug-likeness (QED) is 0.735. The van der Waals surface area contributed by atoms with E-state index in [2.05, 4.69) is 10.6 Å². The molecular formula is C20H22F2N2O3. The summed E-state index contributed by atoms with van der Waals surface area (Å²) < 4.78 is 32.1. The van der Waals surface area contributed by atoms with E-state index in [1.807, 2.05) is 37.3 Å². The number of amides is 2. The van der Waals surface area contributed by atoms with Gasteiger partial charge in [0.1, 0.15) is 24.8 Å². The smallest absolute Gasteiger partial charge is 0.407 e. The summed E-state index contributed by atoms with van der Waals surface area (Å²) >= 11 is 0. The maximum Gasteiger partial charge on any atom is 0.407 e. The zero-order valence-corrected chi connectivity index (χ0v) is 15.0. The van der Waals surface area contributed by atoms with Crippen molar-refractivity contribution in [2.75, 3.05) is 6.54 Å². The molecule has 0 aliphatic rings. The standard InChI is InChI=1S/C20H22F2N2O3/c1-2-6-18(16-10-9-15(21)11-17(16)22)24-19(25)12-23-20(26)27-13-14-7-4-3-5-8-14/h3-5,7-11,18H,2,6,12-13H2,1H3,(H,23,26)(H,24,25). The number of carbonyl (C=O) groups is 2. The molecule has 2 rings (SSSR count). The normalized spacial score (nSPS) is 11.5. The lowest BCUT2D eigenvalue weighted by Gasteiger charge is -2.19. The minimum atomic E-state index is -0.728. The van der Waals surface area contributed by atoms with E-state index in [0.29, 0.717) is 12.8 Å². The van der Waals surface area contributed by atoms with Crippen LogP contribution in [0.25, 0.3) is 0 Å². The Kier molecular flexibility index (Phi) is 7.73. The molecule has 0 saturated heterocycles. The fraction of sp³-hybridized carbons (Fsp3) is 0.300. The number of carbonyl (C=O) groups excluding carboxylic acids is 2. The zero-order valence-electron chi connectivity index (χ0n) is 15.0. The van der Waals surface area contributed by atoms with Gasteiger partial charge in [-0.05, 0) is 18.1 Å². The van der Waals surface area contributed by atoms with Crippen LogP contribution in [0, 0.1) is 11.6 Å². The number of ether oxygens (including phenoxy) is 1. The lowest BCUT2D eigenvalue weighted by Crippen LogP contribution is -2.39. The number of nitrogens with one attached hydrogen (secondary N) is 2. The Labute approximate surface area is 156 Å². The Morgan fingerprint density at radius 3 is 2.52 bits per heavy atom. The molecule has 27 heavy (non-hydrogen) atoms. The van der Waals surface area contributed by atoms with E-state index in [1.54, 1.807) is 0 Å². The SMILES string of the molecule is CCCC(NC(=O)CNC(=O)OCc1ccccc1)c1ccc(F)cc1F. The molecule has 0 aromatic heterocycles. The van der Waals surface area contributed by atoms with Crippen molar-refractivity contribution >= 4 is 12.0 Å². The Morgan fingerprint density at radius 2 is 1.85 bits per heavy atom. The van der Waals surface area contributed by atoms with Crippen LogP contribution in [0.5, 0.6) is 0 Å². The number of halogens is 2. The Morgan fingerprint density at radius 1 is 1.11 bits per heavy atom. The third-order valence-electron chi connectivity index (χ3n) is 3.86. The predicted octanol–water partition coefficient (Wildman–Crippen LogP) is 3.85. The first-order valence-electron chi connectivity index (χ1n) is 8.68. The van der Waals surface area contributed by atoms with Crippen LogP contribution in [0.3, 0.4) is 0 Å². The summed E-state index contributed by atoms with van der Waals surface area (Å²) in [5.74, 6) is -1.89. The number of rotatable bonds is 8. The molecule has 0 radical (unpaired) electrons. The van der Waals surface area contributed by atoms with Crippen LogP contribution in [0.2, 0.25) is 0 Å². The minimum Gasteiger partial charge on any atom is -0.445 e. The summed E-state index contributed by atoms with van der Waals surface area (Å²) in [6.07, 6.45) is 0.440. The summed E-state index contributed by atoms with van der Waals surface area (Å²) in [5, 5.41) is 5.00. The molecule has 1 atom stereocenters. The highest BCUT2D eigenvalue weighted by Crippen LogP contribution is 2.22. The van der Waals surface area contributed by atoms with E-state index in [-0.39, 0.29) is 18.7 Å². The van der Waals surface area contributed by atoms with Gasteiger partial charge in [-0.1, -0.05) is 49.7 Å². The third-order valence-corrected chi connectivity index (χ3v) is 3.86. The average molecular weight is 376 g/mol. The van der Waals surface area contributed by atoms with Crippen LogP contribution in [0.15, 0.2) is 48.5 Å². The third kappa shape index (κ3) is 6.69. The van der Waals surface area contributed by atoms with Gasteiger partial charge in [0.25, 0.3) is 0 Å². The highest BCUT2D eigenvalue weighted by molar-refractivity contribution is 5.82. The lowest BCUT2D eigenvalue weighted by molar-refractivity contribution is -0.121. The molecule has 0 aliphatic carbocycles. The van der Waals surface area contributed by atoms with Gasteiger partial charge in [0, 0.05) is 11.6 Å². The Hall–Kier alpha value is -2.96. The molecule has 144 valence electrons. The number of benzene rings is 2. The van der Waals surface area contributed by atoms with Crippen molar-refractivity contribution in [2.45, 2.75) is 32.4 Å². The molecule has 0 bridgehead atoms. The van der Waals surface area contributed by atoms with Crippen LogP contribution in [-0.4, -0.2) is 18.5 Å². The molecule has 0 saturated carbocycles. The fourth-order valence-corrected chi connectivity index (χ4v) is 2.55. The molecule has 5 nitrogen and oxygen atoms in total. The molecule has 0 fully saturated rings. The van der Waals surface area contributed by atoms with Crippen molar-refractivity contribution in [3.8, 4) is 0 Å². The molecule has 7 heteroatoms. The van der Waals surface area contributed by atoms with Gasteiger partial charge in [-0.2, -0.15) is 0 Å². The number of alkyl carbamates (subject to hydrolysis) is 1. The van der Waals surface area contributed by atoms with Crippen molar-refractivity contribution in [2.24, 2.45) is 0 Å². The number of hydrogen-bond acceptors (Lipinski definition) is 3. The average Bonchev–Trinajstić information content (AvgIpc) is 2.65. The first-order chi connectivity index (χ1) is 13.0. The van der Waals surface area contributed by atoms with Crippen LogP contribution >= 0.6 is 0 Å². The van der Waals surface area contributed by atoms with Crippen molar-refractivity contribution in [1.29, 1.82) is 0 Å². The van der Waals surface area contributed by atoms with E-state index < -0.39 is 29.7 Å². The second-order valence-electron chi connectivity index (χ2n) is 5.99. The Bertz CT molecular complexity index is 769. The molecule has 0 heterocycles. The molecule has 0 aliphatic heterocycles. The van der Waals surface area contributed by atoms with E-state index >= 15 is 0 Å². The molecule has 2 N–H and O–H groups in total. The van der Waals surface area contributed by atoms with Crippen LogP contribution in [0.4, 0.5) is 13.6 Å². The molecule has 2 aromatic carbocycles. The minimum absolute atomic E-state index is 0.0908. The lowest BCUT2D eigenvalue weighted by atomic mass is 10.0. The second-order valence-corrected chi connectivity index (χ2v) is 5.99. The van der Waals surface area contributed by atoms with Crippen LogP contribution in [-0.2, 0) is 16.1 Å². The zero-order chi connectivity index (χ0) is 19.6. The molecule has 1 unspecified atom stereocenters. The van der Waals surface area contributed by atoms with Crippen molar-refractivity contribution < 1.29 is 23.1 Å². The van der Waals surface area contributed by atoms with Crippen LogP contribution in [0.1, 0.15) is 36.9 Å². The highest BCUT2D eigenvalue weighted by atomic mass is 19.1. The molecule has 2 aromatic rings. The summed E-state index contributed by atoms with van der Waals surface area (Å²) in [7, 11) is 0. The highest BCUT2D eigenvalue weighted by Gasteiger charge is 2.18. The molecule has 2 amide bonds. The van der Waals surface area contributed by atoms with Crippen molar-refractivity contribution in [3.05, 3.63) is 71.3 Å². The summed E-state index contributed by atoms with van der Waals surface area (Å²) in [6.45, 7) is 1.67. The van der Waals surface area contributed by atoms with E-state index in [9.17, 15) is 18.4 Å². The van der Waals surface area contributed by atoms with Crippen LogP contribution < -0.4 is 10.6 Å². The van der Waals surface area contributed by atoms with Gasteiger partial charge in [-0.25, -0.2) is 13.6 Å². The maximum absolute atomic E-state index is 14.0. The predicted molar refractivity (Wildman–Crippen MR) is 96.8 cm³/mol.